The number of likely N-dealkylation sites (tertiary alicyclic amines) is 1. The summed E-state index contributed by atoms with van der Waals surface area (Å²) < 4.78 is 0. The highest BCUT2D eigenvalue weighted by molar-refractivity contribution is 5.85. The number of hydrogen-bond donors (Lipinski definition) is 2. The van der Waals surface area contributed by atoms with E-state index >= 15 is 0 Å². The summed E-state index contributed by atoms with van der Waals surface area (Å²) in [6, 6.07) is 0. The molecule has 1 aliphatic heterocycles. The second-order valence-corrected chi connectivity index (χ2v) is 5.09. The van der Waals surface area contributed by atoms with Crippen LogP contribution in [0.3, 0.4) is 0 Å². The third-order valence-corrected chi connectivity index (χ3v) is 3.76. The van der Waals surface area contributed by atoms with Crippen LogP contribution in [0.25, 0.3) is 0 Å². The summed E-state index contributed by atoms with van der Waals surface area (Å²) in [7, 11) is 0. The first-order chi connectivity index (χ1) is 7.75. The maximum Gasteiger partial charge on any atom is 0.0839 e. The van der Waals surface area contributed by atoms with Crippen molar-refractivity contribution in [3.63, 3.8) is 0 Å². The summed E-state index contributed by atoms with van der Waals surface area (Å²) in [5.74, 6) is 0. The van der Waals surface area contributed by atoms with Crippen molar-refractivity contribution in [2.24, 2.45) is 0 Å². The molecule has 0 aromatic rings. The van der Waals surface area contributed by atoms with Gasteiger partial charge in [0, 0.05) is 6.54 Å². The lowest BCUT2D eigenvalue weighted by Gasteiger charge is -2.28. The highest BCUT2D eigenvalue weighted by atomic mass is 35.5. The van der Waals surface area contributed by atoms with E-state index in [1.165, 1.54) is 37.9 Å². The molecule has 0 spiro atoms. The minimum Gasteiger partial charge on any atom is -0.390 e. The van der Waals surface area contributed by atoms with Gasteiger partial charge in [0.1, 0.15) is 0 Å². The van der Waals surface area contributed by atoms with E-state index in [0.29, 0.717) is 12.8 Å². The lowest BCUT2D eigenvalue weighted by atomic mass is 9.92. The standard InChI is InChI=1S/C13H23NO2.ClH/c15-12-5-4-11(10-13(12)16)6-9-14-7-2-1-3-8-14;/h4,12-13,15-16H,1-3,5-10H2;1H. The van der Waals surface area contributed by atoms with Crippen LogP contribution in [-0.2, 0) is 0 Å². The Kier molecular flexibility index (Phi) is 6.49. The Morgan fingerprint density at radius 2 is 1.82 bits per heavy atom. The van der Waals surface area contributed by atoms with Crippen molar-refractivity contribution in [1.82, 2.24) is 4.90 Å². The Morgan fingerprint density at radius 1 is 1.12 bits per heavy atom. The van der Waals surface area contributed by atoms with Gasteiger partial charge in [-0.2, -0.15) is 0 Å². The van der Waals surface area contributed by atoms with Crippen molar-refractivity contribution in [3.8, 4) is 0 Å². The molecule has 2 N–H and O–H groups in total. The van der Waals surface area contributed by atoms with E-state index in [1.54, 1.807) is 0 Å². The number of halogens is 1. The monoisotopic (exact) mass is 261 g/mol. The van der Waals surface area contributed by atoms with Gasteiger partial charge in [0.05, 0.1) is 12.2 Å². The average Bonchev–Trinajstić information content (AvgIpc) is 2.32. The zero-order chi connectivity index (χ0) is 11.4. The molecule has 17 heavy (non-hydrogen) atoms. The molecule has 1 aliphatic carbocycles. The van der Waals surface area contributed by atoms with Gasteiger partial charge in [-0.15, -0.1) is 12.4 Å². The van der Waals surface area contributed by atoms with Gasteiger partial charge in [0.15, 0.2) is 0 Å². The minimum atomic E-state index is -0.543. The van der Waals surface area contributed by atoms with Gasteiger partial charge in [-0.3, -0.25) is 0 Å². The normalized spacial score (nSPS) is 30.6. The van der Waals surface area contributed by atoms with Crippen molar-refractivity contribution in [2.75, 3.05) is 19.6 Å². The molecule has 2 aliphatic rings. The first-order valence-corrected chi connectivity index (χ1v) is 6.52. The number of nitrogens with zero attached hydrogens (tertiary/aromatic N) is 1. The molecular formula is C13H24ClNO2. The maximum absolute atomic E-state index is 9.58. The molecule has 1 saturated heterocycles. The summed E-state index contributed by atoms with van der Waals surface area (Å²) in [5, 5.41) is 19.0. The van der Waals surface area contributed by atoms with Crippen LogP contribution >= 0.6 is 12.4 Å². The van der Waals surface area contributed by atoms with E-state index in [0.717, 1.165) is 13.0 Å². The van der Waals surface area contributed by atoms with Crippen LogP contribution < -0.4 is 0 Å². The molecule has 0 amide bonds. The average molecular weight is 262 g/mol. The molecule has 100 valence electrons. The molecule has 1 heterocycles. The van der Waals surface area contributed by atoms with Crippen LogP contribution in [0.2, 0.25) is 0 Å². The van der Waals surface area contributed by atoms with E-state index < -0.39 is 12.2 Å². The molecule has 4 heteroatoms. The molecule has 3 nitrogen and oxygen atoms in total. The summed E-state index contributed by atoms with van der Waals surface area (Å²) in [6.45, 7) is 3.59. The second kappa shape index (κ2) is 7.37. The number of aliphatic hydroxyl groups is 2. The van der Waals surface area contributed by atoms with E-state index in [-0.39, 0.29) is 12.4 Å². The number of piperidine rings is 1. The number of aliphatic hydroxyl groups excluding tert-OH is 2. The number of hydrogen-bond acceptors (Lipinski definition) is 3. The fraction of sp³-hybridized carbons (Fsp3) is 0.846. The van der Waals surface area contributed by atoms with Gasteiger partial charge in [-0.1, -0.05) is 18.1 Å². The molecule has 0 aromatic carbocycles. The quantitative estimate of drug-likeness (QED) is 0.761. The molecule has 1 fully saturated rings. The Bertz CT molecular complexity index is 252. The molecule has 0 saturated carbocycles. The van der Waals surface area contributed by atoms with Crippen molar-refractivity contribution in [3.05, 3.63) is 11.6 Å². The van der Waals surface area contributed by atoms with Crippen LogP contribution in [0, 0.1) is 0 Å². The lowest BCUT2D eigenvalue weighted by Crippen LogP contribution is -2.32. The molecular weight excluding hydrogens is 238 g/mol. The van der Waals surface area contributed by atoms with Gasteiger partial charge in [0.2, 0.25) is 0 Å². The molecule has 0 aromatic heterocycles. The Labute approximate surface area is 110 Å². The Morgan fingerprint density at radius 3 is 2.47 bits per heavy atom. The van der Waals surface area contributed by atoms with Crippen molar-refractivity contribution >= 4 is 12.4 Å². The fourth-order valence-electron chi connectivity index (χ4n) is 2.62. The van der Waals surface area contributed by atoms with Crippen LogP contribution in [0.15, 0.2) is 11.6 Å². The highest BCUT2D eigenvalue weighted by Crippen LogP contribution is 2.22. The first kappa shape index (κ1) is 15.0. The third kappa shape index (κ3) is 4.59. The second-order valence-electron chi connectivity index (χ2n) is 5.09. The lowest BCUT2D eigenvalue weighted by molar-refractivity contribution is 0.0159. The largest absolute Gasteiger partial charge is 0.390 e. The molecule has 2 unspecified atom stereocenters. The van der Waals surface area contributed by atoms with Crippen molar-refractivity contribution in [2.45, 2.75) is 50.7 Å². The third-order valence-electron chi connectivity index (χ3n) is 3.76. The van der Waals surface area contributed by atoms with Crippen LogP contribution in [0.1, 0.15) is 38.5 Å². The molecule has 0 radical (unpaired) electrons. The van der Waals surface area contributed by atoms with E-state index in [9.17, 15) is 10.2 Å². The van der Waals surface area contributed by atoms with Crippen molar-refractivity contribution < 1.29 is 10.2 Å². The molecule has 2 atom stereocenters. The molecule has 2 rings (SSSR count). The predicted molar refractivity (Wildman–Crippen MR) is 71.5 cm³/mol. The van der Waals surface area contributed by atoms with E-state index in [2.05, 4.69) is 11.0 Å². The van der Waals surface area contributed by atoms with Gasteiger partial charge in [-0.05, 0) is 45.2 Å². The van der Waals surface area contributed by atoms with Crippen LogP contribution in [0.4, 0.5) is 0 Å². The van der Waals surface area contributed by atoms with Crippen LogP contribution in [-0.4, -0.2) is 47.0 Å². The van der Waals surface area contributed by atoms with Gasteiger partial charge in [0.25, 0.3) is 0 Å². The van der Waals surface area contributed by atoms with Gasteiger partial charge < -0.3 is 15.1 Å². The van der Waals surface area contributed by atoms with Gasteiger partial charge >= 0.3 is 0 Å². The van der Waals surface area contributed by atoms with Crippen LogP contribution in [0.5, 0.6) is 0 Å². The van der Waals surface area contributed by atoms with Crippen molar-refractivity contribution in [1.29, 1.82) is 0 Å². The zero-order valence-electron chi connectivity index (χ0n) is 10.3. The maximum atomic E-state index is 9.58. The summed E-state index contributed by atoms with van der Waals surface area (Å²) in [4.78, 5) is 2.52. The molecule has 0 bridgehead atoms. The number of rotatable bonds is 3. The SMILES string of the molecule is Cl.OC1CC=C(CCN2CCCCC2)CC1O. The Balaban J connectivity index is 0.00000144. The zero-order valence-corrected chi connectivity index (χ0v) is 11.2. The first-order valence-electron chi connectivity index (χ1n) is 6.52. The Hall–Kier alpha value is -0.0900. The predicted octanol–water partition coefficient (Wildman–Crippen LogP) is 1.73. The summed E-state index contributed by atoms with van der Waals surface area (Å²) in [5.41, 5.74) is 1.32. The minimum absolute atomic E-state index is 0. The highest BCUT2D eigenvalue weighted by Gasteiger charge is 2.21. The van der Waals surface area contributed by atoms with E-state index in [4.69, 9.17) is 0 Å². The fourth-order valence-corrected chi connectivity index (χ4v) is 2.62. The summed E-state index contributed by atoms with van der Waals surface area (Å²) >= 11 is 0. The van der Waals surface area contributed by atoms with Gasteiger partial charge in [-0.25, -0.2) is 0 Å². The van der Waals surface area contributed by atoms with E-state index in [1.807, 2.05) is 0 Å². The topological polar surface area (TPSA) is 43.7 Å². The smallest absolute Gasteiger partial charge is 0.0839 e. The summed E-state index contributed by atoms with van der Waals surface area (Å²) in [6.07, 6.45) is 7.42.